The van der Waals surface area contributed by atoms with Gasteiger partial charge in [0.2, 0.25) is 0 Å². The average molecular weight is 420 g/mol. The van der Waals surface area contributed by atoms with Gasteiger partial charge >= 0.3 is 0 Å². The molecule has 0 aliphatic carbocycles. The summed E-state index contributed by atoms with van der Waals surface area (Å²) in [5, 5.41) is 11.2. The molecule has 0 bridgehead atoms. The Bertz CT molecular complexity index is 1020. The molecule has 0 saturated carbocycles. The minimum atomic E-state index is -0.618. The molecule has 0 spiro atoms. The van der Waals surface area contributed by atoms with Crippen LogP contribution in [-0.2, 0) is 22.4 Å². The number of ketones is 1. The number of aryl methyl sites for hydroxylation is 2. The standard InChI is InChI=1S/C26H29NO4/c1-3-5-14-27-23(18-10-8-17(4-2)9-11-18)22(25(29)26(27)30)24(28)20-12-13-21-19(16-20)7-6-15-31-21/h8-13,16,23,28H,3-7,14-15H2,1-2H3/b24-22-. The molecule has 5 heteroatoms. The molecule has 5 nitrogen and oxygen atoms in total. The normalized spacial score (nSPS) is 19.9. The highest BCUT2D eigenvalue weighted by Gasteiger charge is 2.45. The predicted molar refractivity (Wildman–Crippen MR) is 120 cm³/mol. The van der Waals surface area contributed by atoms with Gasteiger partial charge in [-0.2, -0.15) is 0 Å². The van der Waals surface area contributed by atoms with E-state index in [2.05, 4.69) is 13.8 Å². The van der Waals surface area contributed by atoms with Crippen molar-refractivity contribution in [2.45, 2.75) is 52.0 Å². The van der Waals surface area contributed by atoms with Crippen LogP contribution in [0.5, 0.6) is 5.75 Å². The van der Waals surface area contributed by atoms with Crippen molar-refractivity contribution in [3.05, 3.63) is 70.3 Å². The second-order valence-corrected chi connectivity index (χ2v) is 8.22. The third kappa shape index (κ3) is 3.97. The zero-order chi connectivity index (χ0) is 22.0. The Labute approximate surface area is 183 Å². The molecule has 1 fully saturated rings. The Balaban J connectivity index is 1.81. The van der Waals surface area contributed by atoms with Gasteiger partial charge in [-0.1, -0.05) is 44.5 Å². The SMILES string of the molecule is CCCCN1C(=O)C(=O)/C(=C(\O)c2ccc3c(c2)CCCO3)C1c1ccc(CC)cc1. The summed E-state index contributed by atoms with van der Waals surface area (Å²) in [4.78, 5) is 27.6. The maximum Gasteiger partial charge on any atom is 0.295 e. The van der Waals surface area contributed by atoms with E-state index >= 15 is 0 Å². The smallest absolute Gasteiger partial charge is 0.295 e. The topological polar surface area (TPSA) is 66.8 Å². The van der Waals surface area contributed by atoms with Gasteiger partial charge in [-0.3, -0.25) is 9.59 Å². The lowest BCUT2D eigenvalue weighted by Gasteiger charge is -2.25. The van der Waals surface area contributed by atoms with Gasteiger partial charge in [0, 0.05) is 12.1 Å². The number of fused-ring (bicyclic) bond motifs is 1. The zero-order valence-electron chi connectivity index (χ0n) is 18.2. The summed E-state index contributed by atoms with van der Waals surface area (Å²) in [5.41, 5.74) is 3.76. The number of ether oxygens (including phenoxy) is 1. The number of likely N-dealkylation sites (tertiary alicyclic amines) is 1. The van der Waals surface area contributed by atoms with Crippen LogP contribution < -0.4 is 4.74 Å². The van der Waals surface area contributed by atoms with Crippen LogP contribution in [0, 0.1) is 0 Å². The molecule has 2 aliphatic heterocycles. The number of unbranched alkanes of at least 4 members (excludes halogenated alkanes) is 1. The zero-order valence-corrected chi connectivity index (χ0v) is 18.2. The minimum absolute atomic E-state index is 0.115. The van der Waals surface area contributed by atoms with Crippen LogP contribution in [0.3, 0.4) is 0 Å². The van der Waals surface area contributed by atoms with E-state index in [4.69, 9.17) is 4.74 Å². The summed E-state index contributed by atoms with van der Waals surface area (Å²) in [6.45, 7) is 5.31. The monoisotopic (exact) mass is 419 g/mol. The number of Topliss-reactive ketones (excluding diaryl/α,β-unsaturated/α-hetero) is 1. The van der Waals surface area contributed by atoms with Crippen molar-refractivity contribution in [1.29, 1.82) is 0 Å². The van der Waals surface area contributed by atoms with E-state index < -0.39 is 17.7 Å². The molecule has 0 radical (unpaired) electrons. The van der Waals surface area contributed by atoms with E-state index in [1.165, 1.54) is 5.56 Å². The Morgan fingerprint density at radius 3 is 2.61 bits per heavy atom. The molecule has 0 aromatic heterocycles. The molecule has 2 aliphatic rings. The quantitative estimate of drug-likeness (QED) is 0.415. The van der Waals surface area contributed by atoms with E-state index in [1.807, 2.05) is 36.4 Å². The molecule has 31 heavy (non-hydrogen) atoms. The molecule has 2 aromatic rings. The fourth-order valence-electron chi connectivity index (χ4n) is 4.38. The molecule has 2 aromatic carbocycles. The lowest BCUT2D eigenvalue weighted by atomic mass is 9.93. The van der Waals surface area contributed by atoms with Crippen LogP contribution >= 0.6 is 0 Å². The molecule has 1 unspecified atom stereocenters. The van der Waals surface area contributed by atoms with Crippen LogP contribution in [-0.4, -0.2) is 34.8 Å². The number of carbonyl (C=O) groups is 2. The highest BCUT2D eigenvalue weighted by atomic mass is 16.5. The average Bonchev–Trinajstić information content (AvgIpc) is 3.06. The lowest BCUT2D eigenvalue weighted by molar-refractivity contribution is -0.139. The third-order valence-electron chi connectivity index (χ3n) is 6.18. The molecule has 162 valence electrons. The summed E-state index contributed by atoms with van der Waals surface area (Å²) in [6.07, 6.45) is 4.40. The van der Waals surface area contributed by atoms with Crippen molar-refractivity contribution in [2.75, 3.05) is 13.2 Å². The molecule has 2 heterocycles. The van der Waals surface area contributed by atoms with E-state index in [0.29, 0.717) is 18.7 Å². The van der Waals surface area contributed by atoms with Crippen LogP contribution in [0.15, 0.2) is 48.0 Å². The first kappa shape index (κ1) is 21.2. The Morgan fingerprint density at radius 1 is 1.13 bits per heavy atom. The van der Waals surface area contributed by atoms with Crippen molar-refractivity contribution in [3.8, 4) is 5.75 Å². The number of rotatable bonds is 6. The molecule has 1 atom stereocenters. The fraction of sp³-hybridized carbons (Fsp3) is 0.385. The van der Waals surface area contributed by atoms with E-state index in [-0.39, 0.29) is 11.3 Å². The lowest BCUT2D eigenvalue weighted by Crippen LogP contribution is -2.30. The fourth-order valence-corrected chi connectivity index (χ4v) is 4.38. The molecule has 1 N–H and O–H groups in total. The minimum Gasteiger partial charge on any atom is -0.507 e. The van der Waals surface area contributed by atoms with Gasteiger partial charge < -0.3 is 14.7 Å². The van der Waals surface area contributed by atoms with Gasteiger partial charge in [-0.15, -0.1) is 0 Å². The van der Waals surface area contributed by atoms with Crippen LogP contribution in [0.2, 0.25) is 0 Å². The predicted octanol–water partition coefficient (Wildman–Crippen LogP) is 4.80. The molecular weight excluding hydrogens is 390 g/mol. The summed E-state index contributed by atoms with van der Waals surface area (Å²) in [5.74, 6) is -0.457. The van der Waals surface area contributed by atoms with E-state index in [9.17, 15) is 14.7 Å². The number of benzene rings is 2. The highest BCUT2D eigenvalue weighted by molar-refractivity contribution is 6.46. The number of hydrogen-bond donors (Lipinski definition) is 1. The van der Waals surface area contributed by atoms with Gasteiger partial charge in [0.15, 0.2) is 0 Å². The van der Waals surface area contributed by atoms with Crippen molar-refractivity contribution in [3.63, 3.8) is 0 Å². The van der Waals surface area contributed by atoms with Gasteiger partial charge in [-0.25, -0.2) is 0 Å². The Kier molecular flexibility index (Phi) is 6.12. The number of aliphatic hydroxyl groups is 1. The van der Waals surface area contributed by atoms with Crippen LogP contribution in [0.4, 0.5) is 0 Å². The molecule has 1 amide bonds. The summed E-state index contributed by atoms with van der Waals surface area (Å²) in [6, 6.07) is 12.9. The second kappa shape index (κ2) is 8.96. The van der Waals surface area contributed by atoms with E-state index in [0.717, 1.165) is 49.0 Å². The van der Waals surface area contributed by atoms with Crippen molar-refractivity contribution >= 4 is 17.4 Å². The second-order valence-electron chi connectivity index (χ2n) is 8.22. The largest absolute Gasteiger partial charge is 0.507 e. The van der Waals surface area contributed by atoms with Crippen molar-refractivity contribution in [1.82, 2.24) is 4.90 Å². The Morgan fingerprint density at radius 2 is 1.90 bits per heavy atom. The van der Waals surface area contributed by atoms with E-state index in [1.54, 1.807) is 11.0 Å². The van der Waals surface area contributed by atoms with Gasteiger partial charge in [-0.05, 0) is 60.6 Å². The number of carbonyl (C=O) groups excluding carboxylic acids is 2. The Hall–Kier alpha value is -3.08. The number of hydrogen-bond acceptors (Lipinski definition) is 4. The first-order valence-corrected chi connectivity index (χ1v) is 11.2. The van der Waals surface area contributed by atoms with Crippen molar-refractivity contribution < 1.29 is 19.4 Å². The van der Waals surface area contributed by atoms with Gasteiger partial charge in [0.1, 0.15) is 11.5 Å². The van der Waals surface area contributed by atoms with Gasteiger partial charge in [0.25, 0.3) is 11.7 Å². The third-order valence-corrected chi connectivity index (χ3v) is 6.18. The maximum absolute atomic E-state index is 13.1. The number of amides is 1. The van der Waals surface area contributed by atoms with Crippen LogP contribution in [0.1, 0.15) is 61.4 Å². The molecule has 1 saturated heterocycles. The molecule has 4 rings (SSSR count). The van der Waals surface area contributed by atoms with Gasteiger partial charge in [0.05, 0.1) is 18.2 Å². The first-order chi connectivity index (χ1) is 15.0. The van der Waals surface area contributed by atoms with Crippen molar-refractivity contribution in [2.24, 2.45) is 0 Å². The maximum atomic E-state index is 13.1. The summed E-state index contributed by atoms with van der Waals surface area (Å²) in [7, 11) is 0. The first-order valence-electron chi connectivity index (χ1n) is 11.2. The number of aliphatic hydroxyl groups excluding tert-OH is 1. The number of nitrogens with zero attached hydrogens (tertiary/aromatic N) is 1. The molecular formula is C26H29NO4. The summed E-state index contributed by atoms with van der Waals surface area (Å²) >= 11 is 0. The van der Waals surface area contributed by atoms with Crippen LogP contribution in [0.25, 0.3) is 5.76 Å². The highest BCUT2D eigenvalue weighted by Crippen LogP contribution is 2.40. The summed E-state index contributed by atoms with van der Waals surface area (Å²) < 4.78 is 5.67.